The lowest BCUT2D eigenvalue weighted by molar-refractivity contribution is 0.172. The highest BCUT2D eigenvalue weighted by Crippen LogP contribution is 2.20. The molecule has 2 atom stereocenters. The van der Waals surface area contributed by atoms with E-state index >= 15 is 0 Å². The fraction of sp³-hybridized carbons (Fsp3) is 0.600. The molecule has 3 nitrogen and oxygen atoms in total. The van der Waals surface area contributed by atoms with Crippen LogP contribution in [0.1, 0.15) is 25.8 Å². The first-order chi connectivity index (χ1) is 8.65. The van der Waals surface area contributed by atoms with Gasteiger partial charge in [0, 0.05) is 31.7 Å². The molecule has 1 fully saturated rings. The molecule has 18 heavy (non-hydrogen) atoms. The molecular formula is C15H24N2O. The molecule has 0 radical (unpaired) electrons. The van der Waals surface area contributed by atoms with Gasteiger partial charge >= 0.3 is 0 Å². The van der Waals surface area contributed by atoms with Gasteiger partial charge in [-0.3, -0.25) is 4.90 Å². The Morgan fingerprint density at radius 2 is 2.06 bits per heavy atom. The molecule has 0 amide bonds. The van der Waals surface area contributed by atoms with Gasteiger partial charge < -0.3 is 10.4 Å². The van der Waals surface area contributed by atoms with Crippen molar-refractivity contribution in [1.82, 2.24) is 10.2 Å². The maximum absolute atomic E-state index is 9.84. The predicted octanol–water partition coefficient (Wildman–Crippen LogP) is 1.62. The van der Waals surface area contributed by atoms with Crippen LogP contribution < -0.4 is 5.32 Å². The van der Waals surface area contributed by atoms with Crippen LogP contribution in [-0.4, -0.2) is 41.3 Å². The molecule has 0 bridgehead atoms. The third-order valence-corrected chi connectivity index (χ3v) is 3.50. The smallest absolute Gasteiger partial charge is 0.0682 e. The van der Waals surface area contributed by atoms with Crippen molar-refractivity contribution in [2.45, 2.75) is 45.0 Å². The van der Waals surface area contributed by atoms with Crippen molar-refractivity contribution in [2.24, 2.45) is 0 Å². The van der Waals surface area contributed by atoms with E-state index in [1.165, 1.54) is 5.56 Å². The fourth-order valence-corrected chi connectivity index (χ4v) is 2.55. The number of aliphatic hydroxyl groups is 1. The summed E-state index contributed by atoms with van der Waals surface area (Å²) in [5.74, 6) is 0. The molecule has 2 unspecified atom stereocenters. The molecule has 1 heterocycles. The van der Waals surface area contributed by atoms with Crippen molar-refractivity contribution in [3.05, 3.63) is 35.9 Å². The van der Waals surface area contributed by atoms with Gasteiger partial charge in [-0.15, -0.1) is 0 Å². The van der Waals surface area contributed by atoms with E-state index in [-0.39, 0.29) is 6.10 Å². The van der Waals surface area contributed by atoms with Crippen molar-refractivity contribution in [2.75, 3.05) is 13.1 Å². The standard InChI is InChI=1S/C15H24N2O/c1-12(2)16-9-14-8-15(18)11-17(14)10-13-6-4-3-5-7-13/h3-7,12,14-16,18H,8-11H2,1-2H3. The summed E-state index contributed by atoms with van der Waals surface area (Å²) in [7, 11) is 0. The summed E-state index contributed by atoms with van der Waals surface area (Å²) in [6.45, 7) is 7.00. The van der Waals surface area contributed by atoms with Crippen molar-refractivity contribution < 1.29 is 5.11 Å². The molecule has 1 aliphatic heterocycles. The van der Waals surface area contributed by atoms with Crippen LogP contribution in [0.25, 0.3) is 0 Å². The van der Waals surface area contributed by atoms with Gasteiger partial charge in [0.2, 0.25) is 0 Å². The van der Waals surface area contributed by atoms with Gasteiger partial charge in [0.25, 0.3) is 0 Å². The van der Waals surface area contributed by atoms with E-state index in [1.807, 2.05) is 6.07 Å². The van der Waals surface area contributed by atoms with E-state index < -0.39 is 0 Å². The third kappa shape index (κ3) is 3.80. The van der Waals surface area contributed by atoms with Crippen molar-refractivity contribution in [1.29, 1.82) is 0 Å². The Hall–Kier alpha value is -0.900. The first-order valence-electron chi connectivity index (χ1n) is 6.84. The highest BCUT2D eigenvalue weighted by molar-refractivity contribution is 5.15. The zero-order valence-electron chi connectivity index (χ0n) is 11.3. The largest absolute Gasteiger partial charge is 0.392 e. The summed E-state index contributed by atoms with van der Waals surface area (Å²) in [6, 6.07) is 11.4. The van der Waals surface area contributed by atoms with Crippen LogP contribution in [0.4, 0.5) is 0 Å². The number of hydrogen-bond acceptors (Lipinski definition) is 3. The number of β-amino-alcohol motifs (C(OH)–C–C–N with tert-alkyl or cyclic N) is 1. The van der Waals surface area contributed by atoms with Gasteiger partial charge in [-0.2, -0.15) is 0 Å². The van der Waals surface area contributed by atoms with Gasteiger partial charge in [-0.25, -0.2) is 0 Å². The second-order valence-electron chi connectivity index (χ2n) is 5.52. The second kappa shape index (κ2) is 6.32. The number of hydrogen-bond donors (Lipinski definition) is 2. The van der Waals surface area contributed by atoms with Gasteiger partial charge in [0.1, 0.15) is 0 Å². The quantitative estimate of drug-likeness (QED) is 0.831. The summed E-state index contributed by atoms with van der Waals surface area (Å²) in [4.78, 5) is 2.38. The Labute approximate surface area is 110 Å². The molecular weight excluding hydrogens is 224 g/mol. The molecule has 1 aromatic rings. The third-order valence-electron chi connectivity index (χ3n) is 3.50. The van der Waals surface area contributed by atoms with Crippen LogP contribution in [0.5, 0.6) is 0 Å². The van der Waals surface area contributed by atoms with E-state index in [4.69, 9.17) is 0 Å². The predicted molar refractivity (Wildman–Crippen MR) is 74.4 cm³/mol. The highest BCUT2D eigenvalue weighted by Gasteiger charge is 2.30. The summed E-state index contributed by atoms with van der Waals surface area (Å²) in [5.41, 5.74) is 1.32. The molecule has 100 valence electrons. The number of nitrogens with zero attached hydrogens (tertiary/aromatic N) is 1. The molecule has 2 N–H and O–H groups in total. The van der Waals surface area contributed by atoms with E-state index in [9.17, 15) is 5.11 Å². The second-order valence-corrected chi connectivity index (χ2v) is 5.52. The number of likely N-dealkylation sites (tertiary alicyclic amines) is 1. The molecule has 0 aromatic heterocycles. The average Bonchev–Trinajstić information content (AvgIpc) is 2.68. The average molecular weight is 248 g/mol. The van der Waals surface area contributed by atoms with E-state index in [0.717, 1.165) is 26.1 Å². The molecule has 2 rings (SSSR count). The van der Waals surface area contributed by atoms with Crippen molar-refractivity contribution in [3.63, 3.8) is 0 Å². The number of aliphatic hydroxyl groups excluding tert-OH is 1. The monoisotopic (exact) mass is 248 g/mol. The SMILES string of the molecule is CC(C)NCC1CC(O)CN1Cc1ccccc1. The first-order valence-corrected chi connectivity index (χ1v) is 6.84. The van der Waals surface area contributed by atoms with E-state index in [0.29, 0.717) is 12.1 Å². The Balaban J connectivity index is 1.92. The molecule has 0 aliphatic carbocycles. The Bertz CT molecular complexity index is 353. The number of benzene rings is 1. The van der Waals surface area contributed by atoms with Crippen molar-refractivity contribution >= 4 is 0 Å². The molecule has 1 aliphatic rings. The first kappa shape index (κ1) is 13.5. The summed E-state index contributed by atoms with van der Waals surface area (Å²) >= 11 is 0. The molecule has 3 heteroatoms. The Morgan fingerprint density at radius 3 is 2.72 bits per heavy atom. The van der Waals surface area contributed by atoms with Crippen LogP contribution in [-0.2, 0) is 6.54 Å². The normalized spacial score (nSPS) is 24.9. The lowest BCUT2D eigenvalue weighted by atomic mass is 10.1. The summed E-state index contributed by atoms with van der Waals surface area (Å²) in [6.07, 6.45) is 0.708. The minimum Gasteiger partial charge on any atom is -0.392 e. The lowest BCUT2D eigenvalue weighted by Gasteiger charge is -2.25. The van der Waals surface area contributed by atoms with E-state index in [1.54, 1.807) is 0 Å². The molecule has 1 saturated heterocycles. The van der Waals surface area contributed by atoms with E-state index in [2.05, 4.69) is 48.3 Å². The topological polar surface area (TPSA) is 35.5 Å². The Kier molecular flexibility index (Phi) is 4.75. The fourth-order valence-electron chi connectivity index (χ4n) is 2.55. The zero-order valence-corrected chi connectivity index (χ0v) is 11.3. The highest BCUT2D eigenvalue weighted by atomic mass is 16.3. The maximum Gasteiger partial charge on any atom is 0.0682 e. The molecule has 0 saturated carbocycles. The lowest BCUT2D eigenvalue weighted by Crippen LogP contribution is -2.39. The van der Waals surface area contributed by atoms with Crippen LogP contribution in [0.15, 0.2) is 30.3 Å². The van der Waals surface area contributed by atoms with Gasteiger partial charge in [-0.05, 0) is 12.0 Å². The van der Waals surface area contributed by atoms with Crippen molar-refractivity contribution in [3.8, 4) is 0 Å². The minimum absolute atomic E-state index is 0.173. The van der Waals surface area contributed by atoms with Crippen LogP contribution >= 0.6 is 0 Å². The number of rotatable bonds is 5. The van der Waals surface area contributed by atoms with Gasteiger partial charge in [0.15, 0.2) is 0 Å². The molecule has 0 spiro atoms. The maximum atomic E-state index is 9.84. The van der Waals surface area contributed by atoms with Gasteiger partial charge in [-0.1, -0.05) is 44.2 Å². The van der Waals surface area contributed by atoms with Crippen LogP contribution in [0, 0.1) is 0 Å². The Morgan fingerprint density at radius 1 is 1.33 bits per heavy atom. The minimum atomic E-state index is -0.173. The van der Waals surface area contributed by atoms with Gasteiger partial charge in [0.05, 0.1) is 6.10 Å². The summed E-state index contributed by atoms with van der Waals surface area (Å²) in [5, 5.41) is 13.3. The summed E-state index contributed by atoms with van der Waals surface area (Å²) < 4.78 is 0. The van der Waals surface area contributed by atoms with Crippen LogP contribution in [0.3, 0.4) is 0 Å². The zero-order chi connectivity index (χ0) is 13.0. The molecule has 1 aromatic carbocycles. The number of nitrogens with one attached hydrogen (secondary N) is 1. The van der Waals surface area contributed by atoms with Crippen LogP contribution in [0.2, 0.25) is 0 Å².